The Morgan fingerprint density at radius 1 is 0.842 bits per heavy atom. The first-order valence-electron chi connectivity index (χ1n) is 6.06. The molecule has 0 aliphatic rings. The predicted molar refractivity (Wildman–Crippen MR) is 73.7 cm³/mol. The molecule has 0 spiro atoms. The highest BCUT2D eigenvalue weighted by molar-refractivity contribution is 5.93. The molecule has 0 saturated carbocycles. The van der Waals surface area contributed by atoms with Crippen LogP contribution in [0, 0.1) is 0 Å². The van der Waals surface area contributed by atoms with Crippen molar-refractivity contribution in [1.29, 1.82) is 0 Å². The molecule has 0 radical (unpaired) electrons. The van der Waals surface area contributed by atoms with Crippen LogP contribution in [0.2, 0.25) is 0 Å². The van der Waals surface area contributed by atoms with E-state index in [4.69, 9.17) is 4.98 Å². The van der Waals surface area contributed by atoms with E-state index in [1.54, 1.807) is 18.6 Å². The minimum Gasteiger partial charge on any atom is -0.265 e. The van der Waals surface area contributed by atoms with Crippen molar-refractivity contribution in [2.24, 2.45) is 0 Å². The summed E-state index contributed by atoms with van der Waals surface area (Å²) in [5.41, 5.74) is 3.94. The smallest absolute Gasteiger partial charge is 0.156 e. The second-order valence-electron chi connectivity index (χ2n) is 4.31. The Kier molecular flexibility index (Phi) is 2.08. The second kappa shape index (κ2) is 3.88. The third-order valence-electron chi connectivity index (χ3n) is 3.19. The van der Waals surface area contributed by atoms with Crippen LogP contribution in [0.4, 0.5) is 0 Å². The monoisotopic (exact) mass is 246 g/mol. The number of hydrogen-bond acceptors (Lipinski definition) is 3. The van der Waals surface area contributed by atoms with Crippen LogP contribution in [0.5, 0.6) is 0 Å². The zero-order valence-corrected chi connectivity index (χ0v) is 10.1. The summed E-state index contributed by atoms with van der Waals surface area (Å²) in [5, 5.41) is 5.41. The summed E-state index contributed by atoms with van der Waals surface area (Å²) < 4.78 is 1.86. The lowest BCUT2D eigenvalue weighted by Crippen LogP contribution is -1.96. The van der Waals surface area contributed by atoms with Crippen LogP contribution in [-0.2, 0) is 0 Å². The van der Waals surface area contributed by atoms with Crippen LogP contribution in [-0.4, -0.2) is 19.6 Å². The first kappa shape index (κ1) is 10.2. The van der Waals surface area contributed by atoms with Gasteiger partial charge in [0.1, 0.15) is 0 Å². The molecule has 0 aliphatic carbocycles. The molecular formula is C15H10N4. The first-order chi connectivity index (χ1) is 9.43. The number of fused-ring (bicyclic) bond motifs is 3. The quantitative estimate of drug-likeness (QED) is 0.518. The third-order valence-corrected chi connectivity index (χ3v) is 3.19. The average molecular weight is 246 g/mol. The fraction of sp³-hybridized carbons (Fsp3) is 0. The number of pyridine rings is 1. The fourth-order valence-electron chi connectivity index (χ4n) is 2.33. The van der Waals surface area contributed by atoms with Gasteiger partial charge in [-0.1, -0.05) is 18.2 Å². The topological polar surface area (TPSA) is 43.1 Å². The summed E-state index contributed by atoms with van der Waals surface area (Å²) in [5.74, 6) is 0. The van der Waals surface area contributed by atoms with Crippen LogP contribution < -0.4 is 0 Å². The molecule has 0 saturated heterocycles. The van der Waals surface area contributed by atoms with Gasteiger partial charge in [-0.2, -0.15) is 5.10 Å². The van der Waals surface area contributed by atoms with E-state index in [0.717, 1.165) is 27.8 Å². The zero-order valence-electron chi connectivity index (χ0n) is 10.1. The van der Waals surface area contributed by atoms with E-state index >= 15 is 0 Å². The van der Waals surface area contributed by atoms with Gasteiger partial charge in [-0.05, 0) is 18.2 Å². The average Bonchev–Trinajstić information content (AvgIpc) is 2.96. The molecule has 90 valence electrons. The van der Waals surface area contributed by atoms with E-state index in [2.05, 4.69) is 22.2 Å². The highest BCUT2D eigenvalue weighted by Crippen LogP contribution is 2.26. The molecule has 0 amide bonds. The van der Waals surface area contributed by atoms with Crippen molar-refractivity contribution in [2.75, 3.05) is 0 Å². The van der Waals surface area contributed by atoms with Crippen molar-refractivity contribution < 1.29 is 0 Å². The van der Waals surface area contributed by atoms with E-state index in [1.807, 2.05) is 34.8 Å². The summed E-state index contributed by atoms with van der Waals surface area (Å²) in [4.78, 5) is 8.76. The molecule has 4 nitrogen and oxygen atoms in total. The molecule has 0 unspecified atom stereocenters. The molecule has 3 heterocycles. The lowest BCUT2D eigenvalue weighted by molar-refractivity contribution is 0.985. The van der Waals surface area contributed by atoms with Gasteiger partial charge in [0.25, 0.3) is 0 Å². The van der Waals surface area contributed by atoms with Gasteiger partial charge in [0, 0.05) is 29.4 Å². The number of para-hydroxylation sites is 1. The number of hydrogen-bond donors (Lipinski definition) is 0. The number of nitrogens with zero attached hydrogens (tertiary/aromatic N) is 4. The molecule has 0 N–H and O–H groups in total. The van der Waals surface area contributed by atoms with Crippen LogP contribution in [0.1, 0.15) is 0 Å². The molecule has 4 aromatic rings. The molecule has 0 fully saturated rings. The van der Waals surface area contributed by atoms with E-state index < -0.39 is 0 Å². The summed E-state index contributed by atoms with van der Waals surface area (Å²) in [6.45, 7) is 0. The van der Waals surface area contributed by atoms with Gasteiger partial charge < -0.3 is 0 Å². The van der Waals surface area contributed by atoms with E-state index in [9.17, 15) is 0 Å². The SMILES string of the molecule is c1ccc2c(c1)c(-c1ccncc1)nc1ccnn12. The Hall–Kier alpha value is -2.75. The van der Waals surface area contributed by atoms with Gasteiger partial charge in [0.15, 0.2) is 5.65 Å². The highest BCUT2D eigenvalue weighted by Gasteiger charge is 2.09. The lowest BCUT2D eigenvalue weighted by atomic mass is 10.1. The standard InChI is InChI=1S/C15H10N4/c1-2-4-13-12(3-1)15(11-5-8-16-9-6-11)18-14-7-10-17-19(13)14/h1-10H. The van der Waals surface area contributed by atoms with Gasteiger partial charge in [0.05, 0.1) is 17.4 Å². The maximum Gasteiger partial charge on any atom is 0.156 e. The number of benzene rings is 1. The van der Waals surface area contributed by atoms with Crippen molar-refractivity contribution in [3.8, 4) is 11.3 Å². The molecule has 0 atom stereocenters. The minimum atomic E-state index is 0.852. The Bertz CT molecular complexity index is 865. The second-order valence-corrected chi connectivity index (χ2v) is 4.31. The Balaban J connectivity index is 2.19. The van der Waals surface area contributed by atoms with Crippen molar-refractivity contribution in [3.05, 3.63) is 61.1 Å². The molecule has 0 bridgehead atoms. The fourth-order valence-corrected chi connectivity index (χ4v) is 2.33. The van der Waals surface area contributed by atoms with Gasteiger partial charge >= 0.3 is 0 Å². The predicted octanol–water partition coefficient (Wildman–Crippen LogP) is 2.94. The zero-order chi connectivity index (χ0) is 12.7. The molecule has 4 heteroatoms. The molecule has 4 rings (SSSR count). The van der Waals surface area contributed by atoms with Gasteiger partial charge in [-0.25, -0.2) is 9.50 Å². The minimum absolute atomic E-state index is 0.852. The summed E-state index contributed by atoms with van der Waals surface area (Å²) in [6.07, 6.45) is 5.34. The van der Waals surface area contributed by atoms with E-state index in [-0.39, 0.29) is 0 Å². The maximum atomic E-state index is 4.71. The summed E-state index contributed by atoms with van der Waals surface area (Å²) in [6, 6.07) is 14.0. The first-order valence-corrected chi connectivity index (χ1v) is 6.06. The molecular weight excluding hydrogens is 236 g/mol. The number of rotatable bonds is 1. The Morgan fingerprint density at radius 2 is 1.68 bits per heavy atom. The van der Waals surface area contributed by atoms with E-state index in [0.29, 0.717) is 0 Å². The Morgan fingerprint density at radius 3 is 2.58 bits per heavy atom. The van der Waals surface area contributed by atoms with E-state index in [1.165, 1.54) is 0 Å². The molecule has 19 heavy (non-hydrogen) atoms. The Labute approximate surface area is 109 Å². The number of aromatic nitrogens is 4. The van der Waals surface area contributed by atoms with Crippen molar-refractivity contribution >= 4 is 16.6 Å². The van der Waals surface area contributed by atoms with Crippen LogP contribution in [0.3, 0.4) is 0 Å². The largest absolute Gasteiger partial charge is 0.265 e. The van der Waals surface area contributed by atoms with Crippen LogP contribution >= 0.6 is 0 Å². The van der Waals surface area contributed by atoms with Gasteiger partial charge in [-0.15, -0.1) is 0 Å². The van der Waals surface area contributed by atoms with Crippen LogP contribution in [0.15, 0.2) is 61.1 Å². The molecule has 3 aromatic heterocycles. The van der Waals surface area contributed by atoms with Gasteiger partial charge in [0.2, 0.25) is 0 Å². The summed E-state index contributed by atoms with van der Waals surface area (Å²) in [7, 11) is 0. The maximum absolute atomic E-state index is 4.71. The van der Waals surface area contributed by atoms with Crippen LogP contribution in [0.25, 0.3) is 27.8 Å². The molecule has 0 aliphatic heterocycles. The summed E-state index contributed by atoms with van der Waals surface area (Å²) >= 11 is 0. The third kappa shape index (κ3) is 1.50. The lowest BCUT2D eigenvalue weighted by Gasteiger charge is -2.07. The molecule has 1 aromatic carbocycles. The highest BCUT2D eigenvalue weighted by atomic mass is 15.2. The van der Waals surface area contributed by atoms with Crippen molar-refractivity contribution in [2.45, 2.75) is 0 Å². The normalized spacial score (nSPS) is 11.2. The van der Waals surface area contributed by atoms with Crippen molar-refractivity contribution in [1.82, 2.24) is 19.6 Å². The van der Waals surface area contributed by atoms with Crippen molar-refractivity contribution in [3.63, 3.8) is 0 Å². The van der Waals surface area contributed by atoms with Gasteiger partial charge in [-0.3, -0.25) is 4.98 Å².